The van der Waals surface area contributed by atoms with E-state index in [9.17, 15) is 9.59 Å². The van der Waals surface area contributed by atoms with Crippen molar-refractivity contribution in [2.75, 3.05) is 40.3 Å². The molecule has 0 bridgehead atoms. The van der Waals surface area contributed by atoms with Gasteiger partial charge >= 0.3 is 0 Å². The highest BCUT2D eigenvalue weighted by molar-refractivity contribution is 5.77. The summed E-state index contributed by atoms with van der Waals surface area (Å²) in [7, 11) is 4.04. The third kappa shape index (κ3) is 9.39. The molecule has 0 unspecified atom stereocenters. The van der Waals surface area contributed by atoms with Crippen LogP contribution in [0, 0.1) is 0 Å². The van der Waals surface area contributed by atoms with Gasteiger partial charge in [0.15, 0.2) is 0 Å². The minimum absolute atomic E-state index is 0.0342. The normalized spacial score (nSPS) is 14.5. The van der Waals surface area contributed by atoms with E-state index in [0.717, 1.165) is 32.4 Å². The molecule has 1 aliphatic rings. The zero-order valence-electron chi connectivity index (χ0n) is 15.1. The lowest BCUT2D eigenvalue weighted by Gasteiger charge is -2.22. The van der Waals surface area contributed by atoms with Gasteiger partial charge < -0.3 is 15.1 Å². The largest absolute Gasteiger partial charge is 0.356 e. The number of carbonyl (C=O) groups excluding carboxylic acids is 2. The van der Waals surface area contributed by atoms with E-state index < -0.39 is 0 Å². The number of hydrogen-bond donors (Lipinski definition) is 1. The molecule has 0 atom stereocenters. The predicted molar refractivity (Wildman–Crippen MR) is 94.2 cm³/mol. The molecule has 0 heterocycles. The second-order valence-corrected chi connectivity index (χ2v) is 6.62. The number of nitrogens with zero attached hydrogens (tertiary/aromatic N) is 2. The third-order valence-corrected chi connectivity index (χ3v) is 4.25. The van der Waals surface area contributed by atoms with Crippen molar-refractivity contribution in [3.05, 3.63) is 11.6 Å². The van der Waals surface area contributed by atoms with Gasteiger partial charge in [-0.2, -0.15) is 0 Å². The second-order valence-electron chi connectivity index (χ2n) is 6.62. The van der Waals surface area contributed by atoms with Gasteiger partial charge in [-0.1, -0.05) is 11.6 Å². The Bertz CT molecular complexity index is 405. The molecule has 132 valence electrons. The van der Waals surface area contributed by atoms with Crippen LogP contribution in [0.25, 0.3) is 0 Å². The minimum atomic E-state index is 0.0342. The zero-order valence-corrected chi connectivity index (χ0v) is 15.1. The first-order valence-electron chi connectivity index (χ1n) is 8.84. The molecule has 2 amide bonds. The Hall–Kier alpha value is -1.36. The molecular formula is C18H33N3O2. The Morgan fingerprint density at radius 3 is 2.57 bits per heavy atom. The van der Waals surface area contributed by atoms with Gasteiger partial charge in [0.25, 0.3) is 0 Å². The Kier molecular flexibility index (Phi) is 9.60. The van der Waals surface area contributed by atoms with Crippen LogP contribution >= 0.6 is 0 Å². The summed E-state index contributed by atoms with van der Waals surface area (Å²) in [6, 6.07) is 0. The van der Waals surface area contributed by atoms with Crippen molar-refractivity contribution in [2.24, 2.45) is 0 Å². The molecule has 5 nitrogen and oxygen atoms in total. The number of nitrogens with one attached hydrogen (secondary N) is 1. The lowest BCUT2D eigenvalue weighted by Crippen LogP contribution is -2.35. The monoisotopic (exact) mass is 323 g/mol. The summed E-state index contributed by atoms with van der Waals surface area (Å²) in [5.74, 6) is 0.0914. The van der Waals surface area contributed by atoms with Crippen molar-refractivity contribution in [1.29, 1.82) is 0 Å². The van der Waals surface area contributed by atoms with Crippen LogP contribution in [0.1, 0.15) is 51.9 Å². The molecule has 1 aliphatic carbocycles. The molecule has 1 N–H and O–H groups in total. The molecule has 0 aromatic rings. The number of carbonyl (C=O) groups is 2. The van der Waals surface area contributed by atoms with Gasteiger partial charge in [0, 0.05) is 33.0 Å². The van der Waals surface area contributed by atoms with Crippen LogP contribution in [-0.4, -0.2) is 61.9 Å². The van der Waals surface area contributed by atoms with Crippen LogP contribution in [0.15, 0.2) is 11.6 Å². The van der Waals surface area contributed by atoms with E-state index >= 15 is 0 Å². The van der Waals surface area contributed by atoms with E-state index in [0.29, 0.717) is 19.5 Å². The summed E-state index contributed by atoms with van der Waals surface area (Å²) < 4.78 is 0. The molecule has 0 spiro atoms. The van der Waals surface area contributed by atoms with Gasteiger partial charge in [0.2, 0.25) is 11.8 Å². The highest BCUT2D eigenvalue weighted by atomic mass is 16.2. The molecule has 0 saturated carbocycles. The molecular weight excluding hydrogens is 290 g/mol. The molecule has 0 fully saturated rings. The number of rotatable bonds is 10. The topological polar surface area (TPSA) is 52.7 Å². The molecule has 0 radical (unpaired) electrons. The van der Waals surface area contributed by atoms with Crippen molar-refractivity contribution in [3.8, 4) is 0 Å². The standard InChI is InChI=1S/C18H33N3O2/c1-16(22)21(14-10-17-8-5-4-6-9-17)15-11-18(23)19-12-7-13-20(2)3/h8H,4-7,9-15H2,1-3H3,(H,19,23). The average Bonchev–Trinajstić information content (AvgIpc) is 2.52. The maximum absolute atomic E-state index is 11.8. The summed E-state index contributed by atoms with van der Waals surface area (Å²) in [6.45, 7) is 4.50. The number of allylic oxidation sites excluding steroid dienone is 1. The Morgan fingerprint density at radius 1 is 1.17 bits per heavy atom. The first-order valence-corrected chi connectivity index (χ1v) is 8.84. The summed E-state index contributed by atoms with van der Waals surface area (Å²) in [4.78, 5) is 27.5. The van der Waals surface area contributed by atoms with Crippen molar-refractivity contribution < 1.29 is 9.59 Å². The fraction of sp³-hybridized carbons (Fsp3) is 0.778. The second kappa shape index (κ2) is 11.2. The van der Waals surface area contributed by atoms with Crippen LogP contribution in [0.4, 0.5) is 0 Å². The van der Waals surface area contributed by atoms with Crippen molar-refractivity contribution in [1.82, 2.24) is 15.1 Å². The van der Waals surface area contributed by atoms with Gasteiger partial charge in [0.1, 0.15) is 0 Å². The van der Waals surface area contributed by atoms with Gasteiger partial charge in [-0.25, -0.2) is 0 Å². The first-order chi connectivity index (χ1) is 11.0. The van der Waals surface area contributed by atoms with Gasteiger partial charge in [0.05, 0.1) is 0 Å². The number of amides is 2. The Morgan fingerprint density at radius 2 is 1.96 bits per heavy atom. The van der Waals surface area contributed by atoms with Crippen LogP contribution in [-0.2, 0) is 9.59 Å². The fourth-order valence-corrected chi connectivity index (χ4v) is 2.78. The van der Waals surface area contributed by atoms with Crippen molar-refractivity contribution in [3.63, 3.8) is 0 Å². The quantitative estimate of drug-likeness (QED) is 0.495. The fourth-order valence-electron chi connectivity index (χ4n) is 2.78. The average molecular weight is 323 g/mol. The van der Waals surface area contributed by atoms with E-state index in [4.69, 9.17) is 0 Å². The Balaban J connectivity index is 2.22. The highest BCUT2D eigenvalue weighted by Crippen LogP contribution is 2.20. The zero-order chi connectivity index (χ0) is 17.1. The van der Waals surface area contributed by atoms with Crippen molar-refractivity contribution in [2.45, 2.75) is 51.9 Å². The molecule has 0 aliphatic heterocycles. The SMILES string of the molecule is CC(=O)N(CCC(=O)NCCCN(C)C)CCC1=CCCCC1. The molecule has 5 heteroatoms. The van der Waals surface area contributed by atoms with Gasteiger partial charge in [-0.05, 0) is 59.2 Å². The maximum Gasteiger partial charge on any atom is 0.221 e. The van der Waals surface area contributed by atoms with E-state index in [1.807, 2.05) is 14.1 Å². The Labute approximate surface area is 141 Å². The molecule has 0 saturated heterocycles. The third-order valence-electron chi connectivity index (χ3n) is 4.25. The van der Waals surface area contributed by atoms with Crippen LogP contribution < -0.4 is 5.32 Å². The number of hydrogen-bond acceptors (Lipinski definition) is 3. The predicted octanol–water partition coefficient (Wildman–Crippen LogP) is 2.18. The molecule has 0 aromatic carbocycles. The summed E-state index contributed by atoms with van der Waals surface area (Å²) in [5, 5.41) is 2.92. The molecule has 0 aromatic heterocycles. The summed E-state index contributed by atoms with van der Waals surface area (Å²) >= 11 is 0. The highest BCUT2D eigenvalue weighted by Gasteiger charge is 2.12. The molecule has 1 rings (SSSR count). The van der Waals surface area contributed by atoms with E-state index in [-0.39, 0.29) is 11.8 Å². The smallest absolute Gasteiger partial charge is 0.221 e. The van der Waals surface area contributed by atoms with Crippen LogP contribution in [0.3, 0.4) is 0 Å². The van der Waals surface area contributed by atoms with E-state index in [1.54, 1.807) is 11.8 Å². The lowest BCUT2D eigenvalue weighted by molar-refractivity contribution is -0.129. The summed E-state index contributed by atoms with van der Waals surface area (Å²) in [6.07, 6.45) is 9.49. The van der Waals surface area contributed by atoms with E-state index in [2.05, 4.69) is 16.3 Å². The summed E-state index contributed by atoms with van der Waals surface area (Å²) in [5.41, 5.74) is 1.47. The van der Waals surface area contributed by atoms with Gasteiger partial charge in [-0.15, -0.1) is 0 Å². The lowest BCUT2D eigenvalue weighted by atomic mass is 9.97. The first kappa shape index (κ1) is 19.7. The van der Waals surface area contributed by atoms with Crippen molar-refractivity contribution >= 4 is 11.8 Å². The minimum Gasteiger partial charge on any atom is -0.356 e. The molecule has 23 heavy (non-hydrogen) atoms. The van der Waals surface area contributed by atoms with E-state index in [1.165, 1.54) is 24.8 Å². The van der Waals surface area contributed by atoms with Gasteiger partial charge in [-0.3, -0.25) is 9.59 Å². The van der Waals surface area contributed by atoms with Crippen LogP contribution in [0.5, 0.6) is 0 Å². The van der Waals surface area contributed by atoms with Crippen LogP contribution in [0.2, 0.25) is 0 Å². The maximum atomic E-state index is 11.8.